The van der Waals surface area contributed by atoms with Crippen LogP contribution in [0.2, 0.25) is 0 Å². The van der Waals surface area contributed by atoms with Crippen LogP contribution in [0.25, 0.3) is 0 Å². The molecule has 1 amide bonds. The van der Waals surface area contributed by atoms with Crippen LogP contribution in [0.4, 0.5) is 11.4 Å². The van der Waals surface area contributed by atoms with Gasteiger partial charge in [-0.15, -0.1) is 0 Å². The number of nitrogens with zero attached hydrogens (tertiary/aromatic N) is 1. The maximum atomic E-state index is 12.0. The summed E-state index contributed by atoms with van der Waals surface area (Å²) in [5.41, 5.74) is 1.97. The van der Waals surface area contributed by atoms with E-state index in [-0.39, 0.29) is 12.5 Å². The monoisotopic (exact) mass is 374 g/mol. The minimum atomic E-state index is -0.161. The third-order valence-electron chi connectivity index (χ3n) is 3.78. The number of amides is 1. The fourth-order valence-corrected chi connectivity index (χ4v) is 2.90. The van der Waals surface area contributed by atoms with Gasteiger partial charge in [0.05, 0.1) is 0 Å². The van der Waals surface area contributed by atoms with Crippen LogP contribution < -0.4 is 15.0 Å². The van der Waals surface area contributed by atoms with Gasteiger partial charge < -0.3 is 15.0 Å². The van der Waals surface area contributed by atoms with E-state index in [0.717, 1.165) is 28.9 Å². The predicted molar refractivity (Wildman–Crippen MR) is 96.2 cm³/mol. The molecule has 1 N–H and O–H groups in total. The number of ether oxygens (including phenoxy) is 1. The van der Waals surface area contributed by atoms with Crippen molar-refractivity contribution < 1.29 is 9.53 Å². The second kappa shape index (κ2) is 7.51. The first-order chi connectivity index (χ1) is 11.2. The van der Waals surface area contributed by atoms with Gasteiger partial charge in [-0.25, -0.2) is 0 Å². The largest absolute Gasteiger partial charge is 0.484 e. The summed E-state index contributed by atoms with van der Waals surface area (Å²) in [5.74, 6) is 0.514. The molecule has 1 saturated heterocycles. The van der Waals surface area contributed by atoms with Crippen molar-refractivity contribution in [3.05, 3.63) is 53.0 Å². The zero-order valence-electron chi connectivity index (χ0n) is 12.8. The molecule has 5 heteroatoms. The van der Waals surface area contributed by atoms with Crippen molar-refractivity contribution in [1.29, 1.82) is 0 Å². The quantitative estimate of drug-likeness (QED) is 0.857. The second-order valence-corrected chi connectivity index (χ2v) is 6.45. The Balaban J connectivity index is 1.55. The van der Waals surface area contributed by atoms with Gasteiger partial charge in [0.2, 0.25) is 0 Å². The molecule has 0 spiro atoms. The van der Waals surface area contributed by atoms with Crippen LogP contribution in [0.1, 0.15) is 12.8 Å². The van der Waals surface area contributed by atoms with Gasteiger partial charge in [0, 0.05) is 28.9 Å². The van der Waals surface area contributed by atoms with Crippen LogP contribution in [-0.4, -0.2) is 25.6 Å². The van der Waals surface area contributed by atoms with E-state index in [1.165, 1.54) is 12.8 Å². The molecule has 120 valence electrons. The van der Waals surface area contributed by atoms with E-state index in [0.29, 0.717) is 5.75 Å². The zero-order chi connectivity index (χ0) is 16.1. The highest BCUT2D eigenvalue weighted by Crippen LogP contribution is 2.23. The summed E-state index contributed by atoms with van der Waals surface area (Å²) >= 11 is 3.37. The van der Waals surface area contributed by atoms with Gasteiger partial charge in [-0.1, -0.05) is 22.0 Å². The van der Waals surface area contributed by atoms with Crippen molar-refractivity contribution in [1.82, 2.24) is 0 Å². The lowest BCUT2D eigenvalue weighted by Gasteiger charge is -2.18. The van der Waals surface area contributed by atoms with Crippen LogP contribution in [0.5, 0.6) is 5.75 Å². The number of rotatable bonds is 5. The maximum absolute atomic E-state index is 12.0. The van der Waals surface area contributed by atoms with E-state index in [9.17, 15) is 4.79 Å². The van der Waals surface area contributed by atoms with Crippen molar-refractivity contribution in [2.75, 3.05) is 29.9 Å². The third-order valence-corrected chi connectivity index (χ3v) is 4.31. The number of halogens is 1. The van der Waals surface area contributed by atoms with Crippen molar-refractivity contribution in [2.45, 2.75) is 12.8 Å². The van der Waals surface area contributed by atoms with Crippen LogP contribution in [0.15, 0.2) is 53.0 Å². The summed E-state index contributed by atoms with van der Waals surface area (Å²) in [5, 5.41) is 2.89. The van der Waals surface area contributed by atoms with Crippen molar-refractivity contribution in [3.63, 3.8) is 0 Å². The molecule has 0 bridgehead atoms. The van der Waals surface area contributed by atoms with Gasteiger partial charge in [-0.05, 0) is 55.3 Å². The van der Waals surface area contributed by atoms with Gasteiger partial charge in [-0.3, -0.25) is 4.79 Å². The summed E-state index contributed by atoms with van der Waals surface area (Å²) in [4.78, 5) is 14.4. The van der Waals surface area contributed by atoms with Crippen molar-refractivity contribution in [3.8, 4) is 5.75 Å². The molecule has 1 heterocycles. The number of hydrogen-bond acceptors (Lipinski definition) is 3. The highest BCUT2D eigenvalue weighted by atomic mass is 79.9. The SMILES string of the molecule is O=C(COc1ccc(Br)cc1)Nc1cccc(N2CCCC2)c1. The molecule has 0 radical (unpaired) electrons. The number of carbonyl (C=O) groups excluding carboxylic acids is 1. The zero-order valence-corrected chi connectivity index (χ0v) is 14.4. The van der Waals surface area contributed by atoms with E-state index in [1.54, 1.807) is 0 Å². The Hall–Kier alpha value is -2.01. The third kappa shape index (κ3) is 4.48. The minimum absolute atomic E-state index is 0.00439. The Kier molecular flexibility index (Phi) is 5.18. The summed E-state index contributed by atoms with van der Waals surface area (Å²) in [6.07, 6.45) is 2.47. The lowest BCUT2D eigenvalue weighted by molar-refractivity contribution is -0.118. The molecule has 4 nitrogen and oxygen atoms in total. The number of anilines is 2. The molecule has 3 rings (SSSR count). The topological polar surface area (TPSA) is 41.6 Å². The van der Waals surface area contributed by atoms with Gasteiger partial charge in [0.1, 0.15) is 5.75 Å². The molecular formula is C18H19BrN2O2. The van der Waals surface area contributed by atoms with E-state index in [4.69, 9.17) is 4.74 Å². The average Bonchev–Trinajstić information content (AvgIpc) is 3.09. The molecular weight excluding hydrogens is 356 g/mol. The Labute approximate surface area is 144 Å². The van der Waals surface area contributed by atoms with Crippen molar-refractivity contribution in [2.24, 2.45) is 0 Å². The fourth-order valence-electron chi connectivity index (χ4n) is 2.63. The molecule has 0 aliphatic carbocycles. The molecule has 0 unspecified atom stereocenters. The second-order valence-electron chi connectivity index (χ2n) is 5.54. The molecule has 23 heavy (non-hydrogen) atoms. The number of hydrogen-bond donors (Lipinski definition) is 1. The first-order valence-electron chi connectivity index (χ1n) is 7.74. The molecule has 2 aromatic rings. The van der Waals surface area contributed by atoms with Crippen LogP contribution in [0.3, 0.4) is 0 Å². The standard InChI is InChI=1S/C18H19BrN2O2/c19-14-6-8-17(9-7-14)23-13-18(22)20-15-4-3-5-16(12-15)21-10-1-2-11-21/h3-9,12H,1-2,10-11,13H2,(H,20,22). The summed E-state index contributed by atoms with van der Waals surface area (Å²) < 4.78 is 6.46. The number of nitrogens with one attached hydrogen (secondary N) is 1. The van der Waals surface area contributed by atoms with Gasteiger partial charge in [-0.2, -0.15) is 0 Å². The van der Waals surface area contributed by atoms with Crippen LogP contribution in [-0.2, 0) is 4.79 Å². The van der Waals surface area contributed by atoms with Crippen molar-refractivity contribution >= 4 is 33.2 Å². The Morgan fingerprint density at radius 3 is 2.61 bits per heavy atom. The lowest BCUT2D eigenvalue weighted by Crippen LogP contribution is -2.21. The first kappa shape index (κ1) is 15.9. The number of carbonyl (C=O) groups is 1. The van der Waals surface area contributed by atoms with E-state index >= 15 is 0 Å². The summed E-state index contributed by atoms with van der Waals surface area (Å²) in [6, 6.07) is 15.4. The average molecular weight is 375 g/mol. The minimum Gasteiger partial charge on any atom is -0.484 e. The molecule has 1 aliphatic rings. The summed E-state index contributed by atoms with van der Waals surface area (Å²) in [6.45, 7) is 2.17. The first-order valence-corrected chi connectivity index (χ1v) is 8.53. The van der Waals surface area contributed by atoms with Gasteiger partial charge in [0.25, 0.3) is 5.91 Å². The lowest BCUT2D eigenvalue weighted by atomic mass is 10.2. The molecule has 0 atom stereocenters. The van der Waals surface area contributed by atoms with Gasteiger partial charge in [0.15, 0.2) is 6.61 Å². The molecule has 1 fully saturated rings. The number of benzene rings is 2. The molecule has 1 aliphatic heterocycles. The Bertz CT molecular complexity index is 667. The highest BCUT2D eigenvalue weighted by molar-refractivity contribution is 9.10. The highest BCUT2D eigenvalue weighted by Gasteiger charge is 2.13. The fraction of sp³-hybridized carbons (Fsp3) is 0.278. The van der Waals surface area contributed by atoms with E-state index in [1.807, 2.05) is 42.5 Å². The van der Waals surface area contributed by atoms with E-state index < -0.39 is 0 Å². The summed E-state index contributed by atoms with van der Waals surface area (Å²) in [7, 11) is 0. The Morgan fingerprint density at radius 1 is 1.13 bits per heavy atom. The maximum Gasteiger partial charge on any atom is 0.262 e. The normalized spacial score (nSPS) is 13.9. The predicted octanol–water partition coefficient (Wildman–Crippen LogP) is 4.07. The molecule has 0 aromatic heterocycles. The van der Waals surface area contributed by atoms with Gasteiger partial charge >= 0.3 is 0 Å². The van der Waals surface area contributed by atoms with Crippen LogP contribution in [0, 0.1) is 0 Å². The Morgan fingerprint density at radius 2 is 1.87 bits per heavy atom. The van der Waals surface area contributed by atoms with E-state index in [2.05, 4.69) is 32.2 Å². The molecule has 0 saturated carbocycles. The molecule has 2 aromatic carbocycles. The van der Waals surface area contributed by atoms with Crippen LogP contribution >= 0.6 is 15.9 Å². The smallest absolute Gasteiger partial charge is 0.262 e.